The summed E-state index contributed by atoms with van der Waals surface area (Å²) in [6, 6.07) is 0.208. The molecule has 0 aromatic carbocycles. The molecule has 0 spiro atoms. The average Bonchev–Trinajstić information content (AvgIpc) is 2.48. The molecule has 1 saturated heterocycles. The molecule has 1 heterocycles. The summed E-state index contributed by atoms with van der Waals surface area (Å²) in [5.74, 6) is 0.724. The minimum atomic E-state index is -0.0886. The number of hydrogen-bond donors (Lipinski definition) is 3. The van der Waals surface area contributed by atoms with E-state index in [1.807, 2.05) is 0 Å². The molecule has 116 valence electrons. The van der Waals surface area contributed by atoms with Gasteiger partial charge in [0.25, 0.3) is 0 Å². The van der Waals surface area contributed by atoms with Crippen molar-refractivity contribution in [3.63, 3.8) is 0 Å². The van der Waals surface area contributed by atoms with E-state index < -0.39 is 0 Å². The van der Waals surface area contributed by atoms with Gasteiger partial charge in [-0.3, -0.25) is 0 Å². The molecule has 0 radical (unpaired) electrons. The van der Waals surface area contributed by atoms with Gasteiger partial charge >= 0.3 is 6.03 Å². The van der Waals surface area contributed by atoms with E-state index in [2.05, 4.69) is 17.6 Å². The second-order valence-corrected chi connectivity index (χ2v) is 6.19. The fourth-order valence-corrected chi connectivity index (χ4v) is 3.37. The number of aliphatic hydroxyl groups is 1. The summed E-state index contributed by atoms with van der Waals surface area (Å²) in [7, 11) is 0. The third-order valence-electron chi connectivity index (χ3n) is 4.79. The molecule has 2 amide bonds. The van der Waals surface area contributed by atoms with Crippen LogP contribution in [0.2, 0.25) is 0 Å². The monoisotopic (exact) mass is 284 g/mol. The summed E-state index contributed by atoms with van der Waals surface area (Å²) in [6.07, 6.45) is 6.32. The van der Waals surface area contributed by atoms with Crippen LogP contribution in [0, 0.1) is 11.8 Å². The summed E-state index contributed by atoms with van der Waals surface area (Å²) in [6.45, 7) is 3.83. The van der Waals surface area contributed by atoms with Crippen molar-refractivity contribution in [2.75, 3.05) is 19.8 Å². The number of aliphatic hydroxyl groups excluding tert-OH is 1. The number of nitrogens with one attached hydrogen (secondary N) is 2. The molecule has 5 heteroatoms. The number of carbonyl (C=O) groups is 1. The Balaban J connectivity index is 1.75. The number of amides is 2. The molecule has 0 bridgehead atoms. The Morgan fingerprint density at radius 2 is 1.95 bits per heavy atom. The van der Waals surface area contributed by atoms with Gasteiger partial charge < -0.3 is 20.5 Å². The van der Waals surface area contributed by atoms with Crippen molar-refractivity contribution in [2.24, 2.45) is 11.8 Å². The predicted molar refractivity (Wildman–Crippen MR) is 77.5 cm³/mol. The van der Waals surface area contributed by atoms with Gasteiger partial charge in [-0.25, -0.2) is 4.79 Å². The van der Waals surface area contributed by atoms with Gasteiger partial charge in [-0.15, -0.1) is 0 Å². The first-order valence-electron chi connectivity index (χ1n) is 7.96. The lowest BCUT2D eigenvalue weighted by Crippen LogP contribution is -2.51. The average molecular weight is 284 g/mol. The van der Waals surface area contributed by atoms with E-state index in [4.69, 9.17) is 4.74 Å². The number of ether oxygens (including phenoxy) is 1. The standard InChI is InChI=1S/C15H28N2O3/c1-11(12-6-8-20-9-7-12)16-15(19)17-14-5-3-2-4-13(14)10-18/h11-14,18H,2-10H2,1H3,(H2,16,17,19). The van der Waals surface area contributed by atoms with Crippen molar-refractivity contribution in [1.82, 2.24) is 10.6 Å². The van der Waals surface area contributed by atoms with Crippen molar-refractivity contribution in [2.45, 2.75) is 57.5 Å². The topological polar surface area (TPSA) is 70.6 Å². The molecule has 2 fully saturated rings. The highest BCUT2D eigenvalue weighted by molar-refractivity contribution is 5.74. The third kappa shape index (κ3) is 4.35. The van der Waals surface area contributed by atoms with Gasteiger partial charge in [-0.2, -0.15) is 0 Å². The highest BCUT2D eigenvalue weighted by Crippen LogP contribution is 2.24. The highest BCUT2D eigenvalue weighted by Gasteiger charge is 2.27. The predicted octanol–water partition coefficient (Wildman–Crippen LogP) is 1.65. The minimum Gasteiger partial charge on any atom is -0.396 e. The van der Waals surface area contributed by atoms with Crippen LogP contribution in [0.3, 0.4) is 0 Å². The first-order valence-corrected chi connectivity index (χ1v) is 7.96. The summed E-state index contributed by atoms with van der Waals surface area (Å²) < 4.78 is 5.35. The van der Waals surface area contributed by atoms with Crippen molar-refractivity contribution in [3.05, 3.63) is 0 Å². The lowest BCUT2D eigenvalue weighted by atomic mass is 9.85. The zero-order valence-electron chi connectivity index (χ0n) is 12.4. The maximum absolute atomic E-state index is 12.1. The third-order valence-corrected chi connectivity index (χ3v) is 4.79. The highest BCUT2D eigenvalue weighted by atomic mass is 16.5. The van der Waals surface area contributed by atoms with Crippen molar-refractivity contribution in [1.29, 1.82) is 0 Å². The van der Waals surface area contributed by atoms with Crippen molar-refractivity contribution in [3.8, 4) is 0 Å². The van der Waals surface area contributed by atoms with Crippen LogP contribution in [0.1, 0.15) is 45.4 Å². The maximum atomic E-state index is 12.1. The summed E-state index contributed by atoms with van der Waals surface area (Å²) in [5.41, 5.74) is 0. The normalized spacial score (nSPS) is 29.7. The molecule has 2 rings (SSSR count). The number of carbonyl (C=O) groups excluding carboxylic acids is 1. The molecule has 20 heavy (non-hydrogen) atoms. The Morgan fingerprint density at radius 3 is 2.65 bits per heavy atom. The fraction of sp³-hybridized carbons (Fsp3) is 0.933. The zero-order valence-corrected chi connectivity index (χ0v) is 12.4. The van der Waals surface area contributed by atoms with E-state index in [0.717, 1.165) is 51.7 Å². The molecule has 0 aromatic heterocycles. The van der Waals surface area contributed by atoms with Crippen LogP contribution in [0.25, 0.3) is 0 Å². The minimum absolute atomic E-state index is 0.0886. The van der Waals surface area contributed by atoms with Crippen molar-refractivity contribution < 1.29 is 14.6 Å². The lowest BCUT2D eigenvalue weighted by Gasteiger charge is -2.32. The second kappa shape index (κ2) is 7.84. The Hall–Kier alpha value is -0.810. The second-order valence-electron chi connectivity index (χ2n) is 6.19. The molecule has 1 aliphatic carbocycles. The first kappa shape index (κ1) is 15.6. The van der Waals surface area contributed by atoms with E-state index in [-0.39, 0.29) is 30.6 Å². The van der Waals surface area contributed by atoms with Crippen LogP contribution in [0.15, 0.2) is 0 Å². The van der Waals surface area contributed by atoms with Crippen molar-refractivity contribution >= 4 is 6.03 Å². The van der Waals surface area contributed by atoms with Gasteiger partial charge in [0, 0.05) is 37.8 Å². The Morgan fingerprint density at radius 1 is 1.25 bits per heavy atom. The van der Waals surface area contributed by atoms with Crippen LogP contribution in [-0.2, 0) is 4.74 Å². The summed E-state index contributed by atoms with van der Waals surface area (Å²) in [5, 5.41) is 15.5. The Kier molecular flexibility index (Phi) is 6.10. The van der Waals surface area contributed by atoms with Crippen LogP contribution in [0.5, 0.6) is 0 Å². The number of hydrogen-bond acceptors (Lipinski definition) is 3. The van der Waals surface area contributed by atoms with Gasteiger partial charge in [0.15, 0.2) is 0 Å². The maximum Gasteiger partial charge on any atom is 0.315 e. The van der Waals surface area contributed by atoms with Crippen LogP contribution >= 0.6 is 0 Å². The smallest absolute Gasteiger partial charge is 0.315 e. The van der Waals surface area contributed by atoms with Gasteiger partial charge in [0.05, 0.1) is 0 Å². The molecule has 2 aliphatic rings. The van der Waals surface area contributed by atoms with Gasteiger partial charge in [-0.05, 0) is 38.5 Å². The lowest BCUT2D eigenvalue weighted by molar-refractivity contribution is 0.0568. The molecular weight excluding hydrogens is 256 g/mol. The van der Waals surface area contributed by atoms with E-state index >= 15 is 0 Å². The molecule has 3 unspecified atom stereocenters. The van der Waals surface area contributed by atoms with Gasteiger partial charge in [0.2, 0.25) is 0 Å². The summed E-state index contributed by atoms with van der Waals surface area (Å²) in [4.78, 5) is 12.1. The SMILES string of the molecule is CC(NC(=O)NC1CCCCC1CO)C1CCOCC1. The molecule has 3 atom stereocenters. The van der Waals surface area contributed by atoms with Gasteiger partial charge in [-0.1, -0.05) is 12.8 Å². The van der Waals surface area contributed by atoms with E-state index in [1.165, 1.54) is 0 Å². The molecule has 1 saturated carbocycles. The summed E-state index contributed by atoms with van der Waals surface area (Å²) >= 11 is 0. The van der Waals surface area contributed by atoms with Gasteiger partial charge in [0.1, 0.15) is 0 Å². The largest absolute Gasteiger partial charge is 0.396 e. The quantitative estimate of drug-likeness (QED) is 0.735. The number of urea groups is 1. The van der Waals surface area contributed by atoms with Crippen LogP contribution < -0.4 is 10.6 Å². The molecular formula is C15H28N2O3. The molecule has 5 nitrogen and oxygen atoms in total. The van der Waals surface area contributed by atoms with E-state index in [0.29, 0.717) is 5.92 Å². The molecule has 0 aromatic rings. The first-order chi connectivity index (χ1) is 9.70. The molecule has 3 N–H and O–H groups in total. The molecule has 1 aliphatic heterocycles. The fourth-order valence-electron chi connectivity index (χ4n) is 3.37. The van der Waals surface area contributed by atoms with E-state index in [9.17, 15) is 9.90 Å². The van der Waals surface area contributed by atoms with E-state index in [1.54, 1.807) is 0 Å². The van der Waals surface area contributed by atoms with Crippen LogP contribution in [0.4, 0.5) is 4.79 Å². The Labute approximate surface area is 121 Å². The van der Waals surface area contributed by atoms with Crippen LogP contribution in [-0.4, -0.2) is 43.0 Å². The number of rotatable bonds is 4. The zero-order chi connectivity index (χ0) is 14.4. The Bertz CT molecular complexity index is 305.